The lowest BCUT2D eigenvalue weighted by molar-refractivity contribution is -0.128. The van der Waals surface area contributed by atoms with Crippen molar-refractivity contribution in [1.29, 1.82) is 0 Å². The Hall–Kier alpha value is -2.62. The van der Waals surface area contributed by atoms with Gasteiger partial charge in [-0.2, -0.15) is 0 Å². The van der Waals surface area contributed by atoms with Crippen molar-refractivity contribution in [3.8, 4) is 11.5 Å². The summed E-state index contributed by atoms with van der Waals surface area (Å²) < 4.78 is 5.81. The summed E-state index contributed by atoms with van der Waals surface area (Å²) in [6.07, 6.45) is 0.563. The molecule has 0 N–H and O–H groups in total. The maximum absolute atomic E-state index is 12.7. The summed E-state index contributed by atoms with van der Waals surface area (Å²) >= 11 is 0. The number of hydrogen-bond donors (Lipinski definition) is 0. The zero-order valence-electron chi connectivity index (χ0n) is 12.4. The Morgan fingerprint density at radius 3 is 2.45 bits per heavy atom. The minimum Gasteiger partial charge on any atom is -0.457 e. The van der Waals surface area contributed by atoms with Crippen molar-refractivity contribution in [2.24, 2.45) is 5.92 Å². The van der Waals surface area contributed by atoms with Crippen molar-refractivity contribution < 1.29 is 14.3 Å². The van der Waals surface area contributed by atoms with Gasteiger partial charge in [-0.3, -0.25) is 9.59 Å². The molecule has 1 amide bonds. The van der Waals surface area contributed by atoms with Crippen LogP contribution in [0.5, 0.6) is 11.5 Å². The molecule has 0 aliphatic carbocycles. The third kappa shape index (κ3) is 2.72. The molecule has 2 aromatic rings. The van der Waals surface area contributed by atoms with Gasteiger partial charge >= 0.3 is 0 Å². The second-order valence-electron chi connectivity index (χ2n) is 5.38. The van der Waals surface area contributed by atoms with Crippen LogP contribution >= 0.6 is 0 Å². The lowest BCUT2D eigenvalue weighted by Gasteiger charge is -2.13. The zero-order valence-corrected chi connectivity index (χ0v) is 12.4. The molecule has 4 heteroatoms. The largest absolute Gasteiger partial charge is 0.457 e. The summed E-state index contributed by atoms with van der Waals surface area (Å²) in [5.74, 6) is 0.282. The summed E-state index contributed by atoms with van der Waals surface area (Å²) in [7, 11) is 1.72. The summed E-state index contributed by atoms with van der Waals surface area (Å²) in [5.41, 5.74) is 0.458. The van der Waals surface area contributed by atoms with Gasteiger partial charge in [0.1, 0.15) is 17.4 Å². The van der Waals surface area contributed by atoms with Crippen LogP contribution in [0, 0.1) is 5.92 Å². The van der Waals surface area contributed by atoms with Gasteiger partial charge in [0.05, 0.1) is 5.56 Å². The van der Waals surface area contributed by atoms with Crippen molar-refractivity contribution in [2.75, 3.05) is 13.6 Å². The Balaban J connectivity index is 1.88. The molecule has 3 rings (SSSR count). The highest BCUT2D eigenvalue weighted by atomic mass is 16.5. The van der Waals surface area contributed by atoms with E-state index in [1.807, 2.05) is 36.4 Å². The monoisotopic (exact) mass is 295 g/mol. The number of rotatable bonds is 4. The van der Waals surface area contributed by atoms with Gasteiger partial charge in [-0.05, 0) is 30.7 Å². The van der Waals surface area contributed by atoms with Crippen LogP contribution < -0.4 is 4.74 Å². The van der Waals surface area contributed by atoms with Crippen molar-refractivity contribution in [2.45, 2.75) is 6.42 Å². The van der Waals surface area contributed by atoms with Gasteiger partial charge in [-0.25, -0.2) is 0 Å². The van der Waals surface area contributed by atoms with Crippen molar-refractivity contribution in [3.63, 3.8) is 0 Å². The van der Waals surface area contributed by atoms with Gasteiger partial charge < -0.3 is 9.64 Å². The number of ether oxygens (including phenoxy) is 1. The van der Waals surface area contributed by atoms with E-state index in [-0.39, 0.29) is 11.7 Å². The molecule has 0 bridgehead atoms. The number of likely N-dealkylation sites (tertiary alicyclic amines) is 1. The van der Waals surface area contributed by atoms with E-state index in [2.05, 4.69) is 0 Å². The fraction of sp³-hybridized carbons (Fsp3) is 0.222. The highest BCUT2D eigenvalue weighted by molar-refractivity contribution is 6.12. The first-order valence-electron chi connectivity index (χ1n) is 7.28. The van der Waals surface area contributed by atoms with E-state index in [0.29, 0.717) is 30.0 Å². The number of carbonyl (C=O) groups excluding carboxylic acids is 2. The van der Waals surface area contributed by atoms with E-state index in [1.54, 1.807) is 30.1 Å². The molecule has 1 atom stereocenters. The van der Waals surface area contributed by atoms with E-state index in [1.165, 1.54) is 0 Å². The Morgan fingerprint density at radius 1 is 1.09 bits per heavy atom. The molecule has 22 heavy (non-hydrogen) atoms. The van der Waals surface area contributed by atoms with Crippen molar-refractivity contribution in [1.82, 2.24) is 4.90 Å². The number of benzene rings is 2. The smallest absolute Gasteiger partial charge is 0.233 e. The average Bonchev–Trinajstić information content (AvgIpc) is 2.88. The third-order valence-electron chi connectivity index (χ3n) is 3.87. The predicted molar refractivity (Wildman–Crippen MR) is 83.0 cm³/mol. The Morgan fingerprint density at radius 2 is 1.77 bits per heavy atom. The summed E-state index contributed by atoms with van der Waals surface area (Å²) in [6.45, 7) is 0.622. The predicted octanol–water partition coefficient (Wildman–Crippen LogP) is 3.14. The quantitative estimate of drug-likeness (QED) is 0.643. The van der Waals surface area contributed by atoms with Crippen LogP contribution in [0.15, 0.2) is 54.6 Å². The molecule has 1 unspecified atom stereocenters. The van der Waals surface area contributed by atoms with Crippen LogP contribution in [0.25, 0.3) is 0 Å². The van der Waals surface area contributed by atoms with Crippen molar-refractivity contribution in [3.05, 3.63) is 60.2 Å². The first-order valence-corrected chi connectivity index (χ1v) is 7.28. The SMILES string of the molecule is CN1CCC(C(=O)c2ccccc2Oc2ccccc2)C1=O. The summed E-state index contributed by atoms with van der Waals surface area (Å²) in [6, 6.07) is 16.4. The average molecular weight is 295 g/mol. The van der Waals surface area contributed by atoms with Crippen LogP contribution in [0.1, 0.15) is 16.8 Å². The number of carbonyl (C=O) groups is 2. The maximum atomic E-state index is 12.7. The van der Waals surface area contributed by atoms with Crippen LogP contribution in [0.4, 0.5) is 0 Å². The minimum absolute atomic E-state index is 0.112. The number of para-hydroxylation sites is 2. The topological polar surface area (TPSA) is 46.6 Å². The van der Waals surface area contributed by atoms with E-state index in [9.17, 15) is 9.59 Å². The number of ketones is 1. The Labute approximate surface area is 129 Å². The van der Waals surface area contributed by atoms with Crippen LogP contribution in [-0.2, 0) is 4.79 Å². The number of amides is 1. The normalized spacial score (nSPS) is 17.6. The summed E-state index contributed by atoms with van der Waals surface area (Å²) in [5, 5.41) is 0. The van der Waals surface area contributed by atoms with Gasteiger partial charge in [0.25, 0.3) is 0 Å². The van der Waals surface area contributed by atoms with Gasteiger partial charge in [-0.1, -0.05) is 30.3 Å². The van der Waals surface area contributed by atoms with E-state index in [0.717, 1.165) is 0 Å². The first-order chi connectivity index (χ1) is 10.7. The fourth-order valence-electron chi connectivity index (χ4n) is 2.63. The van der Waals surface area contributed by atoms with E-state index in [4.69, 9.17) is 4.74 Å². The standard InChI is InChI=1S/C18H17NO3/c1-19-12-11-15(18(19)21)17(20)14-9-5-6-10-16(14)22-13-7-3-2-4-8-13/h2-10,15H,11-12H2,1H3. The molecule has 0 aromatic heterocycles. The van der Waals surface area contributed by atoms with Crippen LogP contribution in [-0.4, -0.2) is 30.2 Å². The molecular weight excluding hydrogens is 278 g/mol. The van der Waals surface area contributed by atoms with Gasteiger partial charge in [0.2, 0.25) is 5.91 Å². The Bertz CT molecular complexity index is 696. The highest BCUT2D eigenvalue weighted by Gasteiger charge is 2.36. The van der Waals surface area contributed by atoms with E-state index < -0.39 is 5.92 Å². The second-order valence-corrected chi connectivity index (χ2v) is 5.38. The molecule has 112 valence electrons. The molecule has 2 aromatic carbocycles. The number of Topliss-reactive ketones (excluding diaryl/α,β-unsaturated/α-hetero) is 1. The highest BCUT2D eigenvalue weighted by Crippen LogP contribution is 2.29. The van der Waals surface area contributed by atoms with Crippen LogP contribution in [0.2, 0.25) is 0 Å². The molecule has 1 fully saturated rings. The molecule has 1 saturated heterocycles. The van der Waals surface area contributed by atoms with Gasteiger partial charge in [-0.15, -0.1) is 0 Å². The maximum Gasteiger partial charge on any atom is 0.233 e. The third-order valence-corrected chi connectivity index (χ3v) is 3.87. The van der Waals surface area contributed by atoms with Gasteiger partial charge in [0.15, 0.2) is 5.78 Å². The van der Waals surface area contributed by atoms with Crippen LogP contribution in [0.3, 0.4) is 0 Å². The fourth-order valence-corrected chi connectivity index (χ4v) is 2.63. The van der Waals surface area contributed by atoms with Crippen molar-refractivity contribution >= 4 is 11.7 Å². The molecule has 0 radical (unpaired) electrons. The molecule has 1 aliphatic rings. The minimum atomic E-state index is -0.592. The van der Waals surface area contributed by atoms with E-state index >= 15 is 0 Å². The molecule has 1 heterocycles. The lowest BCUT2D eigenvalue weighted by atomic mass is 9.95. The molecule has 4 nitrogen and oxygen atoms in total. The molecule has 1 aliphatic heterocycles. The Kier molecular flexibility index (Phi) is 3.92. The van der Waals surface area contributed by atoms with Gasteiger partial charge in [0, 0.05) is 13.6 Å². The lowest BCUT2D eigenvalue weighted by Crippen LogP contribution is -2.27. The number of nitrogens with zero attached hydrogens (tertiary/aromatic N) is 1. The molecule has 0 spiro atoms. The molecule has 0 saturated carbocycles. The molecular formula is C18H17NO3. The zero-order chi connectivity index (χ0) is 15.5. The summed E-state index contributed by atoms with van der Waals surface area (Å²) in [4.78, 5) is 26.3. The first kappa shape index (κ1) is 14.3. The number of hydrogen-bond acceptors (Lipinski definition) is 3. The second kappa shape index (κ2) is 6.02.